The van der Waals surface area contributed by atoms with Crippen LogP contribution in [0.15, 0.2) is 29.1 Å². The van der Waals surface area contributed by atoms with Crippen LogP contribution in [0.4, 0.5) is 0 Å². The van der Waals surface area contributed by atoms with Gasteiger partial charge >= 0.3 is 5.97 Å². The molecule has 0 spiro atoms. The van der Waals surface area contributed by atoms with E-state index in [2.05, 4.69) is 0 Å². The molecule has 2 aromatic rings. The van der Waals surface area contributed by atoms with Crippen LogP contribution in [0.2, 0.25) is 0 Å². The van der Waals surface area contributed by atoms with Gasteiger partial charge in [0.05, 0.1) is 24.3 Å². The second-order valence-electron chi connectivity index (χ2n) is 6.41. The zero-order chi connectivity index (χ0) is 21.4. The van der Waals surface area contributed by atoms with E-state index in [-0.39, 0.29) is 17.9 Å². The van der Waals surface area contributed by atoms with Gasteiger partial charge in [0.1, 0.15) is 5.75 Å². The van der Waals surface area contributed by atoms with Gasteiger partial charge < -0.3 is 29.0 Å². The Labute approximate surface area is 169 Å². The molecule has 0 radical (unpaired) electrons. The van der Waals surface area contributed by atoms with Crippen molar-refractivity contribution in [1.82, 2.24) is 4.57 Å². The van der Waals surface area contributed by atoms with Gasteiger partial charge in [0.15, 0.2) is 5.56 Å². The molecule has 0 saturated carbocycles. The number of nitrogens with zero attached hydrogens (tertiary/aromatic N) is 1. The van der Waals surface area contributed by atoms with E-state index in [1.165, 1.54) is 4.57 Å². The van der Waals surface area contributed by atoms with E-state index >= 15 is 0 Å². The van der Waals surface area contributed by atoms with Crippen molar-refractivity contribution in [1.29, 1.82) is 0 Å². The first-order valence-electron chi connectivity index (χ1n) is 9.78. The first kappa shape index (κ1) is 22.9. The molecule has 3 heterocycles. The van der Waals surface area contributed by atoms with Crippen LogP contribution < -0.4 is 5.56 Å². The molecule has 2 atom stereocenters. The van der Waals surface area contributed by atoms with Gasteiger partial charge in [0.25, 0.3) is 5.56 Å². The van der Waals surface area contributed by atoms with Crippen molar-refractivity contribution in [2.24, 2.45) is 0 Å². The lowest BCUT2D eigenvalue weighted by atomic mass is 10.1. The van der Waals surface area contributed by atoms with Crippen molar-refractivity contribution in [2.75, 3.05) is 26.9 Å². The Morgan fingerprint density at radius 2 is 1.72 bits per heavy atom. The number of benzene rings is 1. The van der Waals surface area contributed by atoms with Crippen molar-refractivity contribution in [3.05, 3.63) is 40.2 Å². The van der Waals surface area contributed by atoms with E-state index in [0.29, 0.717) is 29.7 Å². The number of hydrogen-bond donors (Lipinski definition) is 2. The maximum absolute atomic E-state index is 12.3. The number of pyridine rings is 1. The Morgan fingerprint density at radius 3 is 2.28 bits per heavy atom. The summed E-state index contributed by atoms with van der Waals surface area (Å²) in [5.41, 5.74) is -0.236. The summed E-state index contributed by atoms with van der Waals surface area (Å²) in [6, 6.07) is 6.91. The molecule has 8 heteroatoms. The van der Waals surface area contributed by atoms with Crippen LogP contribution in [0.3, 0.4) is 0 Å². The van der Waals surface area contributed by atoms with Crippen LogP contribution in [0.1, 0.15) is 37.0 Å². The number of aliphatic hydroxyl groups is 1. The minimum atomic E-state index is -0.794. The van der Waals surface area contributed by atoms with Gasteiger partial charge in [-0.15, -0.1) is 0 Å². The molecule has 4 rings (SSSR count). The highest BCUT2D eigenvalue weighted by molar-refractivity contribution is 5.99. The SMILES string of the molecule is C1C[C@H]2OCC[C@H]2O1.CCOC(=O)c1c(O)c2ccccc2n(CC)c1=O.CO. The second-order valence-corrected chi connectivity index (χ2v) is 6.41. The highest BCUT2D eigenvalue weighted by Gasteiger charge is 2.33. The van der Waals surface area contributed by atoms with Crippen LogP contribution in [0.25, 0.3) is 10.9 Å². The average molecular weight is 407 g/mol. The number of hydrogen-bond acceptors (Lipinski definition) is 7. The Morgan fingerprint density at radius 1 is 1.14 bits per heavy atom. The largest absolute Gasteiger partial charge is 0.506 e. The lowest BCUT2D eigenvalue weighted by Crippen LogP contribution is -2.27. The molecular weight excluding hydrogens is 378 g/mol. The van der Waals surface area contributed by atoms with Gasteiger partial charge in [0, 0.05) is 32.3 Å². The summed E-state index contributed by atoms with van der Waals surface area (Å²) >= 11 is 0. The monoisotopic (exact) mass is 407 g/mol. The van der Waals surface area contributed by atoms with E-state index in [0.717, 1.165) is 33.2 Å². The number of fused-ring (bicyclic) bond motifs is 2. The minimum Gasteiger partial charge on any atom is -0.506 e. The fourth-order valence-corrected chi connectivity index (χ4v) is 3.52. The predicted molar refractivity (Wildman–Crippen MR) is 108 cm³/mol. The van der Waals surface area contributed by atoms with E-state index in [1.54, 1.807) is 38.1 Å². The number of aromatic hydroxyl groups is 1. The number of carbonyl (C=O) groups is 1. The quantitative estimate of drug-likeness (QED) is 0.750. The van der Waals surface area contributed by atoms with Crippen LogP contribution >= 0.6 is 0 Å². The fourth-order valence-electron chi connectivity index (χ4n) is 3.52. The van der Waals surface area contributed by atoms with E-state index < -0.39 is 11.5 Å². The van der Waals surface area contributed by atoms with E-state index in [4.69, 9.17) is 19.3 Å². The molecule has 0 bridgehead atoms. The smallest absolute Gasteiger partial charge is 0.347 e. The van der Waals surface area contributed by atoms with E-state index in [1.807, 2.05) is 0 Å². The van der Waals surface area contributed by atoms with Crippen LogP contribution in [-0.2, 0) is 20.8 Å². The number of rotatable bonds is 3. The zero-order valence-corrected chi connectivity index (χ0v) is 17.1. The summed E-state index contributed by atoms with van der Waals surface area (Å²) in [7, 11) is 1.00. The van der Waals surface area contributed by atoms with Crippen molar-refractivity contribution >= 4 is 16.9 Å². The Kier molecular flexibility index (Phi) is 8.63. The summed E-state index contributed by atoms with van der Waals surface area (Å²) in [4.78, 5) is 24.1. The Bertz CT molecular complexity index is 857. The minimum absolute atomic E-state index is 0.149. The molecule has 1 aromatic heterocycles. The van der Waals surface area contributed by atoms with Gasteiger partial charge in [-0.1, -0.05) is 12.1 Å². The normalized spacial score (nSPS) is 19.6. The van der Waals surface area contributed by atoms with Gasteiger partial charge in [-0.25, -0.2) is 4.79 Å². The molecule has 8 nitrogen and oxygen atoms in total. The average Bonchev–Trinajstić information content (AvgIpc) is 3.36. The molecule has 2 aliphatic heterocycles. The third-order valence-electron chi connectivity index (χ3n) is 4.82. The lowest BCUT2D eigenvalue weighted by molar-refractivity contribution is 0.0520. The molecule has 0 amide bonds. The van der Waals surface area contributed by atoms with Crippen LogP contribution in [-0.4, -0.2) is 59.9 Å². The van der Waals surface area contributed by atoms with Crippen molar-refractivity contribution < 1.29 is 29.2 Å². The zero-order valence-electron chi connectivity index (χ0n) is 17.1. The third kappa shape index (κ3) is 4.95. The summed E-state index contributed by atoms with van der Waals surface area (Å²) in [6.45, 7) is 5.83. The molecule has 2 fully saturated rings. The maximum atomic E-state index is 12.3. The maximum Gasteiger partial charge on any atom is 0.347 e. The molecule has 29 heavy (non-hydrogen) atoms. The topological polar surface area (TPSA) is 107 Å². The Balaban J connectivity index is 0.000000247. The molecule has 2 saturated heterocycles. The highest BCUT2D eigenvalue weighted by Crippen LogP contribution is 2.27. The number of aliphatic hydroxyl groups excluding tert-OH is 1. The van der Waals surface area contributed by atoms with Crippen molar-refractivity contribution in [2.45, 2.75) is 45.4 Å². The van der Waals surface area contributed by atoms with E-state index in [9.17, 15) is 14.7 Å². The standard InChI is InChI=1S/C14H15NO4.C6H10O2.CH4O/c1-3-15-10-8-6-5-7-9(10)12(16)11(13(15)17)14(18)19-4-2;1-3-7-6-2-4-8-5(1)6;1-2/h5-8,16H,3-4H2,1-2H3;5-6H,1-4H2;2H,1H3/t;5-,6-;/m.1./s1. The molecule has 0 unspecified atom stereocenters. The molecule has 1 aromatic carbocycles. The number of carbonyl (C=O) groups excluding carboxylic acids is 1. The summed E-state index contributed by atoms with van der Waals surface area (Å²) in [6.07, 6.45) is 3.14. The van der Waals surface area contributed by atoms with Crippen LogP contribution in [0, 0.1) is 0 Å². The molecule has 0 aliphatic carbocycles. The fraction of sp³-hybridized carbons (Fsp3) is 0.524. The number of esters is 1. The number of ether oxygens (including phenoxy) is 3. The molecular formula is C21H29NO7. The lowest BCUT2D eigenvalue weighted by Gasteiger charge is -2.12. The molecule has 2 N–H and O–H groups in total. The summed E-state index contributed by atoms with van der Waals surface area (Å²) < 4.78 is 17.0. The van der Waals surface area contributed by atoms with Crippen molar-refractivity contribution in [3.8, 4) is 5.75 Å². The molecule has 160 valence electrons. The first-order valence-corrected chi connectivity index (χ1v) is 9.78. The van der Waals surface area contributed by atoms with Gasteiger partial charge in [-0.2, -0.15) is 0 Å². The van der Waals surface area contributed by atoms with Crippen LogP contribution in [0.5, 0.6) is 5.75 Å². The predicted octanol–water partition coefficient (Wildman–Crippen LogP) is 2.08. The van der Waals surface area contributed by atoms with Gasteiger partial charge in [-0.3, -0.25) is 4.79 Å². The highest BCUT2D eigenvalue weighted by atomic mass is 16.6. The second kappa shape index (κ2) is 10.9. The third-order valence-corrected chi connectivity index (χ3v) is 4.82. The van der Waals surface area contributed by atoms with Gasteiger partial charge in [-0.05, 0) is 38.8 Å². The number of para-hydroxylation sites is 1. The Hall–Kier alpha value is -2.42. The first-order chi connectivity index (χ1) is 14.1. The van der Waals surface area contributed by atoms with Crippen molar-refractivity contribution in [3.63, 3.8) is 0 Å². The number of aryl methyl sites for hydroxylation is 1. The number of aromatic nitrogens is 1. The molecule has 2 aliphatic rings. The summed E-state index contributed by atoms with van der Waals surface area (Å²) in [5, 5.41) is 17.6. The summed E-state index contributed by atoms with van der Waals surface area (Å²) in [5.74, 6) is -1.11. The van der Waals surface area contributed by atoms with Gasteiger partial charge in [0.2, 0.25) is 0 Å².